The summed E-state index contributed by atoms with van der Waals surface area (Å²) in [4.78, 5) is 29.7. The maximum atomic E-state index is 13.0. The van der Waals surface area contributed by atoms with Gasteiger partial charge in [-0.2, -0.15) is 0 Å². The van der Waals surface area contributed by atoms with Crippen LogP contribution in [0.5, 0.6) is 5.75 Å². The molecule has 2 aromatic carbocycles. The lowest BCUT2D eigenvalue weighted by molar-refractivity contribution is -0.137. The third-order valence-electron chi connectivity index (χ3n) is 5.88. The zero-order valence-corrected chi connectivity index (χ0v) is 17.8. The molecule has 2 aromatic rings. The van der Waals surface area contributed by atoms with Gasteiger partial charge in [0, 0.05) is 19.0 Å². The second-order valence-electron chi connectivity index (χ2n) is 7.83. The molecule has 1 aliphatic rings. The van der Waals surface area contributed by atoms with Crippen molar-refractivity contribution in [3.8, 4) is 5.75 Å². The van der Waals surface area contributed by atoms with Crippen molar-refractivity contribution in [2.75, 3.05) is 25.0 Å². The minimum Gasteiger partial charge on any atom is -0.506 e. The SMILES string of the molecule is CCN(Cc1ccccc1)C(=O)C(C)N1CCC(C(=O)Nc2ccccc2O)CC1. The number of hydrogen-bond donors (Lipinski definition) is 2. The first-order chi connectivity index (χ1) is 14.5. The molecule has 1 atom stereocenters. The molecule has 2 amide bonds. The van der Waals surface area contributed by atoms with E-state index in [1.807, 2.05) is 49.1 Å². The molecule has 0 radical (unpaired) electrons. The van der Waals surface area contributed by atoms with E-state index in [1.54, 1.807) is 24.3 Å². The zero-order valence-electron chi connectivity index (χ0n) is 17.8. The number of para-hydroxylation sites is 2. The number of anilines is 1. The highest BCUT2D eigenvalue weighted by Crippen LogP contribution is 2.25. The summed E-state index contributed by atoms with van der Waals surface area (Å²) in [6, 6.07) is 16.6. The van der Waals surface area contributed by atoms with E-state index in [0.717, 1.165) is 5.56 Å². The van der Waals surface area contributed by atoms with Gasteiger partial charge in [-0.25, -0.2) is 0 Å². The molecule has 3 rings (SSSR count). The van der Waals surface area contributed by atoms with Crippen molar-refractivity contribution in [3.63, 3.8) is 0 Å². The van der Waals surface area contributed by atoms with E-state index in [4.69, 9.17) is 0 Å². The highest BCUT2D eigenvalue weighted by atomic mass is 16.3. The molecule has 0 aliphatic carbocycles. The summed E-state index contributed by atoms with van der Waals surface area (Å²) in [5, 5.41) is 12.7. The average molecular weight is 410 g/mol. The number of nitrogens with zero attached hydrogens (tertiary/aromatic N) is 2. The van der Waals surface area contributed by atoms with Crippen LogP contribution in [0.4, 0.5) is 5.69 Å². The Morgan fingerprint density at radius 1 is 1.10 bits per heavy atom. The molecule has 0 bridgehead atoms. The van der Waals surface area contributed by atoms with Crippen molar-refractivity contribution >= 4 is 17.5 Å². The van der Waals surface area contributed by atoms with E-state index >= 15 is 0 Å². The summed E-state index contributed by atoms with van der Waals surface area (Å²) in [5.74, 6) is 0.00295. The van der Waals surface area contributed by atoms with Gasteiger partial charge in [0.2, 0.25) is 11.8 Å². The predicted molar refractivity (Wildman–Crippen MR) is 118 cm³/mol. The first-order valence-electron chi connectivity index (χ1n) is 10.6. The molecule has 2 N–H and O–H groups in total. The van der Waals surface area contributed by atoms with Gasteiger partial charge in [0.25, 0.3) is 0 Å². The fourth-order valence-corrected chi connectivity index (χ4v) is 3.93. The minimum atomic E-state index is -0.212. The number of carbonyl (C=O) groups is 2. The number of amides is 2. The van der Waals surface area contributed by atoms with Gasteiger partial charge in [0.15, 0.2) is 0 Å². The molecule has 1 heterocycles. The molecule has 6 heteroatoms. The van der Waals surface area contributed by atoms with Crippen LogP contribution in [0.25, 0.3) is 0 Å². The number of likely N-dealkylation sites (N-methyl/N-ethyl adjacent to an activating group) is 1. The Balaban J connectivity index is 1.52. The normalized spacial score (nSPS) is 16.1. The number of piperidine rings is 1. The van der Waals surface area contributed by atoms with Crippen LogP contribution in [-0.4, -0.2) is 52.4 Å². The fourth-order valence-electron chi connectivity index (χ4n) is 3.93. The lowest BCUT2D eigenvalue weighted by Crippen LogP contribution is -2.50. The Bertz CT molecular complexity index is 848. The van der Waals surface area contributed by atoms with Crippen LogP contribution in [0, 0.1) is 5.92 Å². The lowest BCUT2D eigenvalue weighted by atomic mass is 9.94. The van der Waals surface area contributed by atoms with E-state index < -0.39 is 0 Å². The molecule has 1 fully saturated rings. The Morgan fingerprint density at radius 3 is 2.37 bits per heavy atom. The summed E-state index contributed by atoms with van der Waals surface area (Å²) in [6.07, 6.45) is 1.39. The number of likely N-dealkylation sites (tertiary alicyclic amines) is 1. The summed E-state index contributed by atoms with van der Waals surface area (Å²) >= 11 is 0. The van der Waals surface area contributed by atoms with Gasteiger partial charge < -0.3 is 15.3 Å². The van der Waals surface area contributed by atoms with Crippen LogP contribution in [0.3, 0.4) is 0 Å². The first-order valence-corrected chi connectivity index (χ1v) is 10.6. The molecule has 1 unspecified atom stereocenters. The van der Waals surface area contributed by atoms with Crippen molar-refractivity contribution in [2.45, 2.75) is 39.3 Å². The molecule has 0 spiro atoms. The van der Waals surface area contributed by atoms with Crippen LogP contribution in [-0.2, 0) is 16.1 Å². The highest BCUT2D eigenvalue weighted by molar-refractivity contribution is 5.94. The standard InChI is InChI=1S/C24H31N3O3/c1-3-26(17-19-9-5-4-6-10-19)24(30)18(2)27-15-13-20(14-16-27)23(29)25-21-11-7-8-12-22(21)28/h4-12,18,20,28H,3,13-17H2,1-2H3,(H,25,29). The summed E-state index contributed by atoms with van der Waals surface area (Å²) in [7, 11) is 0. The van der Waals surface area contributed by atoms with Gasteiger partial charge in [-0.1, -0.05) is 42.5 Å². The van der Waals surface area contributed by atoms with Crippen molar-refractivity contribution in [1.29, 1.82) is 0 Å². The number of nitrogens with one attached hydrogen (secondary N) is 1. The number of phenols is 1. The third kappa shape index (κ3) is 5.39. The van der Waals surface area contributed by atoms with E-state index in [0.29, 0.717) is 44.7 Å². The molecule has 6 nitrogen and oxygen atoms in total. The van der Waals surface area contributed by atoms with Crippen LogP contribution in [0.1, 0.15) is 32.3 Å². The zero-order chi connectivity index (χ0) is 21.5. The molecule has 30 heavy (non-hydrogen) atoms. The number of rotatable bonds is 7. The monoisotopic (exact) mass is 409 g/mol. The average Bonchev–Trinajstić information content (AvgIpc) is 2.78. The van der Waals surface area contributed by atoms with Crippen molar-refractivity contribution in [3.05, 3.63) is 60.2 Å². The number of hydrogen-bond acceptors (Lipinski definition) is 4. The molecular weight excluding hydrogens is 378 g/mol. The highest BCUT2D eigenvalue weighted by Gasteiger charge is 2.31. The van der Waals surface area contributed by atoms with Gasteiger partial charge >= 0.3 is 0 Å². The predicted octanol–water partition coefficient (Wildman–Crippen LogP) is 3.48. The van der Waals surface area contributed by atoms with Crippen molar-refractivity contribution in [1.82, 2.24) is 9.80 Å². The van der Waals surface area contributed by atoms with Gasteiger partial charge in [0.05, 0.1) is 11.7 Å². The summed E-state index contributed by atoms with van der Waals surface area (Å²) in [5.41, 5.74) is 1.56. The maximum Gasteiger partial charge on any atom is 0.239 e. The molecule has 0 aromatic heterocycles. The number of carbonyl (C=O) groups excluding carboxylic acids is 2. The van der Waals surface area contributed by atoms with Crippen LogP contribution in [0.15, 0.2) is 54.6 Å². The Morgan fingerprint density at radius 2 is 1.73 bits per heavy atom. The van der Waals surface area contributed by atoms with Crippen LogP contribution < -0.4 is 5.32 Å². The summed E-state index contributed by atoms with van der Waals surface area (Å²) in [6.45, 7) is 6.64. The fraction of sp³-hybridized carbons (Fsp3) is 0.417. The molecule has 1 aliphatic heterocycles. The molecule has 1 saturated heterocycles. The first kappa shape index (κ1) is 21.8. The third-order valence-corrected chi connectivity index (χ3v) is 5.88. The minimum absolute atomic E-state index is 0.0700. The Kier molecular flexibility index (Phi) is 7.46. The van der Waals surface area contributed by atoms with E-state index in [1.165, 1.54) is 0 Å². The van der Waals surface area contributed by atoms with Gasteiger partial charge in [0.1, 0.15) is 5.75 Å². The summed E-state index contributed by atoms with van der Waals surface area (Å²) < 4.78 is 0. The number of aromatic hydroxyl groups is 1. The topological polar surface area (TPSA) is 72.9 Å². The van der Waals surface area contributed by atoms with E-state index in [9.17, 15) is 14.7 Å². The quantitative estimate of drug-likeness (QED) is 0.687. The second-order valence-corrected chi connectivity index (χ2v) is 7.83. The van der Waals surface area contributed by atoms with E-state index in [2.05, 4.69) is 10.2 Å². The van der Waals surface area contributed by atoms with E-state index in [-0.39, 0.29) is 29.5 Å². The second kappa shape index (κ2) is 10.3. The molecule has 160 valence electrons. The Hall–Kier alpha value is -2.86. The van der Waals surface area contributed by atoms with Crippen LogP contribution >= 0.6 is 0 Å². The van der Waals surface area contributed by atoms with Crippen molar-refractivity contribution in [2.24, 2.45) is 5.92 Å². The van der Waals surface area contributed by atoms with Crippen molar-refractivity contribution < 1.29 is 14.7 Å². The molecule has 0 saturated carbocycles. The number of phenolic OH excluding ortho intramolecular Hbond substituents is 1. The Labute approximate surface area is 178 Å². The van der Waals surface area contributed by atoms with Crippen LogP contribution in [0.2, 0.25) is 0 Å². The van der Waals surface area contributed by atoms with Gasteiger partial charge in [-0.15, -0.1) is 0 Å². The molecular formula is C24H31N3O3. The largest absolute Gasteiger partial charge is 0.506 e. The number of benzene rings is 2. The van der Waals surface area contributed by atoms with Gasteiger partial charge in [-0.05, 0) is 57.5 Å². The van der Waals surface area contributed by atoms with Gasteiger partial charge in [-0.3, -0.25) is 14.5 Å². The maximum absolute atomic E-state index is 13.0. The lowest BCUT2D eigenvalue weighted by Gasteiger charge is -2.37. The smallest absolute Gasteiger partial charge is 0.239 e.